The van der Waals surface area contributed by atoms with Gasteiger partial charge in [-0.25, -0.2) is 0 Å². The molecule has 0 spiro atoms. The van der Waals surface area contributed by atoms with Gasteiger partial charge in [-0.05, 0) is 12.5 Å². The highest BCUT2D eigenvalue weighted by atomic mass is 15.3. The molecule has 0 aliphatic heterocycles. The third-order valence-electron chi connectivity index (χ3n) is 2.17. The van der Waals surface area contributed by atoms with E-state index in [1.165, 1.54) is 5.56 Å². The molecule has 1 rings (SSSR count). The fraction of sp³-hybridized carbons (Fsp3) is 0.417. The molecule has 82 valence electrons. The van der Waals surface area contributed by atoms with E-state index >= 15 is 0 Å². The van der Waals surface area contributed by atoms with Crippen LogP contribution >= 0.6 is 0 Å². The molecule has 1 aromatic rings. The molecule has 0 atom stereocenters. The first-order valence-corrected chi connectivity index (χ1v) is 5.23. The summed E-state index contributed by atoms with van der Waals surface area (Å²) in [6, 6.07) is 10.4. The Labute approximate surface area is 91.8 Å². The second kappa shape index (κ2) is 6.06. The van der Waals surface area contributed by atoms with Gasteiger partial charge in [0.05, 0.1) is 0 Å². The molecular weight excluding hydrogens is 186 g/mol. The fourth-order valence-corrected chi connectivity index (χ4v) is 1.48. The number of aliphatic imine (C=N–C) groups is 1. The minimum absolute atomic E-state index is 0.876. The van der Waals surface area contributed by atoms with E-state index in [4.69, 9.17) is 0 Å². The molecule has 1 N–H and O–H groups in total. The van der Waals surface area contributed by atoms with Crippen LogP contribution in [0.3, 0.4) is 0 Å². The molecule has 0 saturated heterocycles. The number of guanidine groups is 1. The highest BCUT2D eigenvalue weighted by molar-refractivity contribution is 5.79. The molecule has 0 aliphatic carbocycles. The SMILES string of the molecule is CCNC(=NC)N(C)Cc1ccccc1. The Bertz CT molecular complexity index is 306. The lowest BCUT2D eigenvalue weighted by molar-refractivity contribution is 0.479. The quantitative estimate of drug-likeness (QED) is 0.601. The van der Waals surface area contributed by atoms with Gasteiger partial charge >= 0.3 is 0 Å². The number of benzene rings is 1. The third-order valence-corrected chi connectivity index (χ3v) is 2.17. The zero-order chi connectivity index (χ0) is 11.1. The van der Waals surface area contributed by atoms with Crippen LogP contribution in [0.4, 0.5) is 0 Å². The van der Waals surface area contributed by atoms with Gasteiger partial charge in [0.15, 0.2) is 5.96 Å². The molecule has 0 radical (unpaired) electrons. The van der Waals surface area contributed by atoms with E-state index in [9.17, 15) is 0 Å². The van der Waals surface area contributed by atoms with Crippen molar-refractivity contribution >= 4 is 5.96 Å². The van der Waals surface area contributed by atoms with Crippen LogP contribution < -0.4 is 5.32 Å². The normalized spacial score (nSPS) is 11.3. The van der Waals surface area contributed by atoms with Crippen LogP contribution in [0.15, 0.2) is 35.3 Å². The predicted molar refractivity (Wildman–Crippen MR) is 64.9 cm³/mol. The first-order chi connectivity index (χ1) is 7.27. The van der Waals surface area contributed by atoms with Crippen LogP contribution in [-0.4, -0.2) is 31.5 Å². The molecule has 0 saturated carbocycles. The van der Waals surface area contributed by atoms with E-state index < -0.39 is 0 Å². The maximum atomic E-state index is 4.21. The molecule has 15 heavy (non-hydrogen) atoms. The molecular formula is C12H19N3. The summed E-state index contributed by atoms with van der Waals surface area (Å²) in [5.74, 6) is 0.932. The van der Waals surface area contributed by atoms with Crippen LogP contribution in [0, 0.1) is 0 Å². The molecule has 0 aromatic heterocycles. The third kappa shape index (κ3) is 3.62. The maximum absolute atomic E-state index is 4.21. The van der Waals surface area contributed by atoms with Crippen LogP contribution in [0.2, 0.25) is 0 Å². The van der Waals surface area contributed by atoms with Gasteiger partial charge in [-0.2, -0.15) is 0 Å². The van der Waals surface area contributed by atoms with Gasteiger partial charge in [0.25, 0.3) is 0 Å². The van der Waals surface area contributed by atoms with Gasteiger partial charge in [-0.1, -0.05) is 30.3 Å². The minimum atomic E-state index is 0.876. The molecule has 3 heteroatoms. The lowest BCUT2D eigenvalue weighted by atomic mass is 10.2. The maximum Gasteiger partial charge on any atom is 0.193 e. The van der Waals surface area contributed by atoms with Crippen LogP contribution in [0.5, 0.6) is 0 Å². The molecule has 0 fully saturated rings. The first kappa shape index (κ1) is 11.6. The molecule has 0 unspecified atom stereocenters. The zero-order valence-electron chi connectivity index (χ0n) is 9.70. The van der Waals surface area contributed by atoms with Crippen molar-refractivity contribution in [3.05, 3.63) is 35.9 Å². The topological polar surface area (TPSA) is 27.6 Å². The summed E-state index contributed by atoms with van der Waals surface area (Å²) in [6.45, 7) is 3.84. The smallest absolute Gasteiger partial charge is 0.193 e. The Hall–Kier alpha value is -1.51. The Balaban J connectivity index is 2.58. The summed E-state index contributed by atoms with van der Waals surface area (Å²) < 4.78 is 0. The van der Waals surface area contributed by atoms with Crippen molar-refractivity contribution in [3.8, 4) is 0 Å². The highest BCUT2D eigenvalue weighted by Gasteiger charge is 2.04. The standard InChI is InChI=1S/C12H19N3/c1-4-14-12(13-2)15(3)10-11-8-6-5-7-9-11/h5-9H,4,10H2,1-3H3,(H,13,14). The summed E-state index contributed by atoms with van der Waals surface area (Å²) in [5, 5.41) is 3.23. The van der Waals surface area contributed by atoms with Crippen molar-refractivity contribution in [1.82, 2.24) is 10.2 Å². The van der Waals surface area contributed by atoms with Crippen LogP contribution in [0.1, 0.15) is 12.5 Å². The van der Waals surface area contributed by atoms with Crippen LogP contribution in [-0.2, 0) is 6.54 Å². The Morgan fingerprint density at radius 1 is 1.33 bits per heavy atom. The summed E-state index contributed by atoms with van der Waals surface area (Å²) in [7, 11) is 3.84. The molecule has 1 aromatic carbocycles. The van der Waals surface area contributed by atoms with E-state index in [1.54, 1.807) is 7.05 Å². The van der Waals surface area contributed by atoms with E-state index in [0.717, 1.165) is 19.0 Å². The van der Waals surface area contributed by atoms with Crippen molar-refractivity contribution in [3.63, 3.8) is 0 Å². The predicted octanol–water partition coefficient (Wildman–Crippen LogP) is 1.71. The van der Waals surface area contributed by atoms with Gasteiger partial charge < -0.3 is 10.2 Å². The monoisotopic (exact) mass is 205 g/mol. The largest absolute Gasteiger partial charge is 0.357 e. The van der Waals surface area contributed by atoms with E-state index in [1.807, 2.05) is 13.1 Å². The van der Waals surface area contributed by atoms with Crippen molar-refractivity contribution < 1.29 is 0 Å². The molecule has 0 bridgehead atoms. The Morgan fingerprint density at radius 2 is 2.00 bits per heavy atom. The summed E-state index contributed by atoms with van der Waals surface area (Å²) in [6.07, 6.45) is 0. The van der Waals surface area contributed by atoms with Gasteiger partial charge in [0.1, 0.15) is 0 Å². The van der Waals surface area contributed by atoms with E-state index in [-0.39, 0.29) is 0 Å². The van der Waals surface area contributed by atoms with Gasteiger partial charge in [-0.15, -0.1) is 0 Å². The second-order valence-electron chi connectivity index (χ2n) is 3.42. The summed E-state index contributed by atoms with van der Waals surface area (Å²) in [4.78, 5) is 6.32. The number of nitrogens with one attached hydrogen (secondary N) is 1. The number of rotatable bonds is 3. The molecule has 0 amide bonds. The Kier molecular flexibility index (Phi) is 4.68. The minimum Gasteiger partial charge on any atom is -0.357 e. The van der Waals surface area contributed by atoms with Gasteiger partial charge in [0, 0.05) is 27.2 Å². The molecule has 3 nitrogen and oxygen atoms in total. The first-order valence-electron chi connectivity index (χ1n) is 5.23. The average Bonchev–Trinajstić information content (AvgIpc) is 2.27. The Morgan fingerprint density at radius 3 is 2.53 bits per heavy atom. The van der Waals surface area contributed by atoms with E-state index in [2.05, 4.69) is 46.4 Å². The lowest BCUT2D eigenvalue weighted by Gasteiger charge is -2.21. The van der Waals surface area contributed by atoms with Crippen molar-refractivity contribution in [2.45, 2.75) is 13.5 Å². The second-order valence-corrected chi connectivity index (χ2v) is 3.42. The molecule has 0 aliphatic rings. The van der Waals surface area contributed by atoms with Gasteiger partial charge in [-0.3, -0.25) is 4.99 Å². The molecule has 0 heterocycles. The summed E-state index contributed by atoms with van der Waals surface area (Å²) in [5.41, 5.74) is 1.29. The van der Waals surface area contributed by atoms with Gasteiger partial charge in [0.2, 0.25) is 0 Å². The zero-order valence-corrected chi connectivity index (χ0v) is 9.70. The van der Waals surface area contributed by atoms with Crippen molar-refractivity contribution in [2.75, 3.05) is 20.6 Å². The number of hydrogen-bond donors (Lipinski definition) is 1. The highest BCUT2D eigenvalue weighted by Crippen LogP contribution is 2.02. The van der Waals surface area contributed by atoms with E-state index in [0.29, 0.717) is 0 Å². The van der Waals surface area contributed by atoms with Crippen molar-refractivity contribution in [1.29, 1.82) is 0 Å². The lowest BCUT2D eigenvalue weighted by Crippen LogP contribution is -2.38. The van der Waals surface area contributed by atoms with Crippen molar-refractivity contribution in [2.24, 2.45) is 4.99 Å². The van der Waals surface area contributed by atoms with Crippen LogP contribution in [0.25, 0.3) is 0 Å². The number of nitrogens with zero attached hydrogens (tertiary/aromatic N) is 2. The fourth-order valence-electron chi connectivity index (χ4n) is 1.48. The number of hydrogen-bond acceptors (Lipinski definition) is 1. The summed E-state index contributed by atoms with van der Waals surface area (Å²) >= 11 is 0. The average molecular weight is 205 g/mol.